The van der Waals surface area contributed by atoms with Crippen molar-refractivity contribution in [3.05, 3.63) is 28.2 Å². The van der Waals surface area contributed by atoms with Gasteiger partial charge in [-0.25, -0.2) is 0 Å². The van der Waals surface area contributed by atoms with E-state index in [2.05, 4.69) is 22.0 Å². The van der Waals surface area contributed by atoms with Gasteiger partial charge in [0, 0.05) is 42.5 Å². The molecule has 1 spiro atoms. The molecule has 1 aliphatic heterocycles. The van der Waals surface area contributed by atoms with E-state index in [1.165, 1.54) is 0 Å². The molecule has 0 amide bonds. The first-order valence-electron chi connectivity index (χ1n) is 5.89. The van der Waals surface area contributed by atoms with Crippen LogP contribution in [0.4, 0.5) is 0 Å². The first kappa shape index (κ1) is 11.5. The first-order chi connectivity index (χ1) is 8.12. The van der Waals surface area contributed by atoms with Crippen LogP contribution in [0.1, 0.15) is 30.9 Å². The standard InChI is InChI=1S/C13H16BrNO2/c1-16-9-5-13(6-9)7-11(15)10-4-8(14)2-3-12(10)17-13/h2-4,9,11H,5-7,15H2,1H3. The second kappa shape index (κ2) is 3.97. The van der Waals surface area contributed by atoms with Gasteiger partial charge in [-0.15, -0.1) is 0 Å². The molecule has 4 heteroatoms. The summed E-state index contributed by atoms with van der Waals surface area (Å²) in [5, 5.41) is 0. The van der Waals surface area contributed by atoms with Gasteiger partial charge in [0.05, 0.1) is 6.10 Å². The van der Waals surface area contributed by atoms with E-state index in [1.54, 1.807) is 7.11 Å². The zero-order valence-electron chi connectivity index (χ0n) is 9.78. The molecule has 0 radical (unpaired) electrons. The molecule has 1 heterocycles. The lowest BCUT2D eigenvalue weighted by molar-refractivity contribution is -0.124. The van der Waals surface area contributed by atoms with Crippen molar-refractivity contribution in [2.75, 3.05) is 7.11 Å². The van der Waals surface area contributed by atoms with Gasteiger partial charge in [0.1, 0.15) is 11.4 Å². The summed E-state index contributed by atoms with van der Waals surface area (Å²) in [6.07, 6.45) is 3.12. The summed E-state index contributed by atoms with van der Waals surface area (Å²) in [6.45, 7) is 0. The van der Waals surface area contributed by atoms with Gasteiger partial charge < -0.3 is 15.2 Å². The van der Waals surface area contributed by atoms with Crippen molar-refractivity contribution < 1.29 is 9.47 Å². The zero-order valence-corrected chi connectivity index (χ0v) is 11.4. The summed E-state index contributed by atoms with van der Waals surface area (Å²) in [4.78, 5) is 0. The topological polar surface area (TPSA) is 44.5 Å². The monoisotopic (exact) mass is 297 g/mol. The number of hydrogen-bond acceptors (Lipinski definition) is 3. The third-order valence-corrected chi connectivity index (χ3v) is 4.32. The molecule has 1 atom stereocenters. The van der Waals surface area contributed by atoms with Crippen LogP contribution < -0.4 is 10.5 Å². The second-order valence-corrected chi connectivity index (χ2v) is 5.96. The SMILES string of the molecule is COC1CC2(C1)CC(N)c1cc(Br)ccc1O2. The van der Waals surface area contributed by atoms with Crippen LogP contribution in [-0.4, -0.2) is 18.8 Å². The van der Waals surface area contributed by atoms with Crippen molar-refractivity contribution in [2.45, 2.75) is 37.0 Å². The molecule has 3 nitrogen and oxygen atoms in total. The number of halogens is 1. The fraction of sp³-hybridized carbons (Fsp3) is 0.538. The molecule has 2 aliphatic rings. The third-order valence-electron chi connectivity index (χ3n) is 3.82. The molecule has 1 aromatic rings. The van der Waals surface area contributed by atoms with Crippen molar-refractivity contribution in [1.82, 2.24) is 0 Å². The molecule has 0 bridgehead atoms. The maximum absolute atomic E-state index is 6.25. The molecule has 0 aromatic heterocycles. The van der Waals surface area contributed by atoms with Crippen LogP contribution >= 0.6 is 15.9 Å². The maximum Gasteiger partial charge on any atom is 0.124 e. The molecule has 1 aromatic carbocycles. The van der Waals surface area contributed by atoms with Gasteiger partial charge in [0.2, 0.25) is 0 Å². The van der Waals surface area contributed by atoms with Crippen LogP contribution in [-0.2, 0) is 4.74 Å². The minimum Gasteiger partial charge on any atom is -0.487 e. The Morgan fingerprint density at radius 2 is 2.18 bits per heavy atom. The highest BCUT2D eigenvalue weighted by Crippen LogP contribution is 2.49. The van der Waals surface area contributed by atoms with Gasteiger partial charge >= 0.3 is 0 Å². The van der Waals surface area contributed by atoms with Crippen LogP contribution in [0, 0.1) is 0 Å². The van der Waals surface area contributed by atoms with Gasteiger partial charge in [-0.05, 0) is 18.2 Å². The van der Waals surface area contributed by atoms with Gasteiger partial charge in [0.25, 0.3) is 0 Å². The highest BCUT2D eigenvalue weighted by molar-refractivity contribution is 9.10. The number of rotatable bonds is 1. The fourth-order valence-electron chi connectivity index (χ4n) is 2.87. The molecule has 0 saturated heterocycles. The molecule has 92 valence electrons. The molecule has 2 N–H and O–H groups in total. The molecule has 1 aliphatic carbocycles. The normalized spacial score (nSPS) is 35.0. The van der Waals surface area contributed by atoms with Crippen LogP contribution in [0.5, 0.6) is 5.75 Å². The van der Waals surface area contributed by atoms with Crippen molar-refractivity contribution in [3.63, 3.8) is 0 Å². The van der Waals surface area contributed by atoms with Crippen LogP contribution in [0.2, 0.25) is 0 Å². The molecular weight excluding hydrogens is 282 g/mol. The van der Waals surface area contributed by atoms with Crippen LogP contribution in [0.25, 0.3) is 0 Å². The second-order valence-electron chi connectivity index (χ2n) is 5.04. The summed E-state index contributed by atoms with van der Waals surface area (Å²) >= 11 is 3.47. The van der Waals surface area contributed by atoms with E-state index >= 15 is 0 Å². The highest BCUT2D eigenvalue weighted by Gasteiger charge is 2.50. The number of ether oxygens (including phenoxy) is 2. The third kappa shape index (κ3) is 1.88. The van der Waals surface area contributed by atoms with E-state index in [-0.39, 0.29) is 11.6 Å². The lowest BCUT2D eigenvalue weighted by atomic mass is 9.71. The lowest BCUT2D eigenvalue weighted by Gasteiger charge is -2.50. The summed E-state index contributed by atoms with van der Waals surface area (Å²) in [5.74, 6) is 0.932. The Labute approximate surface area is 109 Å². The quantitative estimate of drug-likeness (QED) is 0.867. The first-order valence-corrected chi connectivity index (χ1v) is 6.68. The number of nitrogens with two attached hydrogens (primary N) is 1. The maximum atomic E-state index is 6.25. The van der Waals surface area contributed by atoms with Gasteiger partial charge in [-0.1, -0.05) is 15.9 Å². The van der Waals surface area contributed by atoms with Crippen molar-refractivity contribution in [2.24, 2.45) is 5.73 Å². The summed E-state index contributed by atoms with van der Waals surface area (Å²) in [7, 11) is 1.76. The number of methoxy groups -OCH3 is 1. The van der Waals surface area contributed by atoms with E-state index in [9.17, 15) is 0 Å². The number of hydrogen-bond donors (Lipinski definition) is 1. The molecular formula is C13H16BrNO2. The van der Waals surface area contributed by atoms with E-state index in [4.69, 9.17) is 15.2 Å². The molecule has 17 heavy (non-hydrogen) atoms. The van der Waals surface area contributed by atoms with E-state index in [0.717, 1.165) is 35.0 Å². The average Bonchev–Trinajstić information content (AvgIpc) is 2.26. The molecule has 1 unspecified atom stereocenters. The fourth-order valence-corrected chi connectivity index (χ4v) is 3.25. The highest BCUT2D eigenvalue weighted by atomic mass is 79.9. The largest absolute Gasteiger partial charge is 0.487 e. The average molecular weight is 298 g/mol. The molecule has 1 saturated carbocycles. The molecule has 3 rings (SSSR count). The van der Waals surface area contributed by atoms with Gasteiger partial charge in [-0.3, -0.25) is 0 Å². The minimum absolute atomic E-state index is 0.0639. The summed E-state index contributed by atoms with van der Waals surface area (Å²) in [5.41, 5.74) is 7.27. The number of fused-ring (bicyclic) bond motifs is 1. The Hall–Kier alpha value is -0.580. The zero-order chi connectivity index (χ0) is 12.0. The Morgan fingerprint density at radius 3 is 2.88 bits per heavy atom. The van der Waals surface area contributed by atoms with Crippen LogP contribution in [0.15, 0.2) is 22.7 Å². The van der Waals surface area contributed by atoms with Gasteiger partial charge in [0.15, 0.2) is 0 Å². The summed E-state index contributed by atoms with van der Waals surface area (Å²) < 4.78 is 12.5. The van der Waals surface area contributed by atoms with Crippen LogP contribution in [0.3, 0.4) is 0 Å². The van der Waals surface area contributed by atoms with E-state index < -0.39 is 0 Å². The Morgan fingerprint density at radius 1 is 1.41 bits per heavy atom. The predicted octanol–water partition coefficient (Wildman–Crippen LogP) is 2.78. The van der Waals surface area contributed by atoms with Crippen molar-refractivity contribution in [3.8, 4) is 5.75 Å². The Balaban J connectivity index is 1.87. The summed E-state index contributed by atoms with van der Waals surface area (Å²) in [6, 6.07) is 6.12. The van der Waals surface area contributed by atoms with E-state index in [1.807, 2.05) is 12.1 Å². The predicted molar refractivity (Wildman–Crippen MR) is 69.1 cm³/mol. The number of benzene rings is 1. The Kier molecular flexibility index (Phi) is 2.69. The smallest absolute Gasteiger partial charge is 0.124 e. The minimum atomic E-state index is -0.0824. The molecule has 1 fully saturated rings. The van der Waals surface area contributed by atoms with E-state index in [0.29, 0.717) is 6.10 Å². The van der Waals surface area contributed by atoms with Gasteiger partial charge in [-0.2, -0.15) is 0 Å². The lowest BCUT2D eigenvalue weighted by Crippen LogP contribution is -2.55. The Bertz CT molecular complexity index is 443. The van der Waals surface area contributed by atoms with Crippen molar-refractivity contribution in [1.29, 1.82) is 0 Å². The van der Waals surface area contributed by atoms with Crippen molar-refractivity contribution >= 4 is 15.9 Å².